The number of sulfonamides is 1. The standard InChI is InChI=1S/C13H21N3O2S/c1-10(14)11-7-8-16(9-11)12-3-5-13(6-4-12)19(17,18)15-2/h3-6,10-11,15H,7-9,14H2,1-2H3. The Morgan fingerprint density at radius 2 is 2.00 bits per heavy atom. The molecule has 0 radical (unpaired) electrons. The van der Waals surface area contributed by atoms with Crippen LogP contribution < -0.4 is 15.4 Å². The van der Waals surface area contributed by atoms with Gasteiger partial charge in [0.2, 0.25) is 10.0 Å². The minimum absolute atomic E-state index is 0.203. The van der Waals surface area contributed by atoms with E-state index in [1.54, 1.807) is 12.1 Å². The molecule has 1 saturated heterocycles. The van der Waals surface area contributed by atoms with Gasteiger partial charge >= 0.3 is 0 Å². The Hall–Kier alpha value is -1.11. The average Bonchev–Trinajstić information content (AvgIpc) is 2.88. The van der Waals surface area contributed by atoms with Crippen molar-refractivity contribution >= 4 is 15.7 Å². The first-order chi connectivity index (χ1) is 8.94. The van der Waals surface area contributed by atoms with E-state index in [1.165, 1.54) is 7.05 Å². The molecule has 1 fully saturated rings. The van der Waals surface area contributed by atoms with Crippen LogP contribution in [0.2, 0.25) is 0 Å². The fraction of sp³-hybridized carbons (Fsp3) is 0.538. The molecule has 0 saturated carbocycles. The fourth-order valence-corrected chi connectivity index (χ4v) is 3.14. The van der Waals surface area contributed by atoms with Gasteiger partial charge in [-0.1, -0.05) is 0 Å². The third-order valence-corrected chi connectivity index (χ3v) is 5.18. The summed E-state index contributed by atoms with van der Waals surface area (Å²) in [4.78, 5) is 2.55. The molecule has 1 aromatic rings. The summed E-state index contributed by atoms with van der Waals surface area (Å²) >= 11 is 0. The number of benzene rings is 1. The molecule has 3 N–H and O–H groups in total. The van der Waals surface area contributed by atoms with E-state index < -0.39 is 10.0 Å². The zero-order chi connectivity index (χ0) is 14.0. The van der Waals surface area contributed by atoms with E-state index >= 15 is 0 Å². The Labute approximate surface area is 114 Å². The molecule has 1 aromatic carbocycles. The van der Waals surface area contributed by atoms with Crippen molar-refractivity contribution in [2.24, 2.45) is 11.7 Å². The number of nitrogens with two attached hydrogens (primary N) is 1. The minimum atomic E-state index is -3.35. The first kappa shape index (κ1) is 14.3. The van der Waals surface area contributed by atoms with Crippen molar-refractivity contribution in [3.05, 3.63) is 24.3 Å². The van der Waals surface area contributed by atoms with E-state index in [4.69, 9.17) is 5.73 Å². The van der Waals surface area contributed by atoms with E-state index in [0.29, 0.717) is 10.8 Å². The summed E-state index contributed by atoms with van der Waals surface area (Å²) in [6, 6.07) is 7.19. The molecule has 0 bridgehead atoms. The second-order valence-electron chi connectivity index (χ2n) is 5.06. The number of anilines is 1. The number of hydrogen-bond donors (Lipinski definition) is 2. The maximum absolute atomic E-state index is 11.6. The quantitative estimate of drug-likeness (QED) is 0.856. The van der Waals surface area contributed by atoms with Gasteiger partial charge < -0.3 is 10.6 Å². The molecule has 106 valence electrons. The monoisotopic (exact) mass is 283 g/mol. The predicted molar refractivity (Wildman–Crippen MR) is 76.7 cm³/mol. The molecule has 0 amide bonds. The number of rotatable bonds is 4. The lowest BCUT2D eigenvalue weighted by molar-refractivity contribution is 0.488. The summed E-state index contributed by atoms with van der Waals surface area (Å²) in [5.41, 5.74) is 6.98. The lowest BCUT2D eigenvalue weighted by atomic mass is 10.0. The molecule has 0 aliphatic carbocycles. The summed E-state index contributed by atoms with van der Waals surface area (Å²) in [6.07, 6.45) is 1.09. The van der Waals surface area contributed by atoms with Crippen LogP contribution in [-0.4, -0.2) is 34.6 Å². The van der Waals surface area contributed by atoms with Crippen LogP contribution in [0.1, 0.15) is 13.3 Å². The molecule has 1 aliphatic rings. The summed E-state index contributed by atoms with van der Waals surface area (Å²) in [6.45, 7) is 3.96. The first-order valence-electron chi connectivity index (χ1n) is 6.48. The van der Waals surface area contributed by atoms with Gasteiger partial charge in [0.05, 0.1) is 4.90 Å². The normalized spacial score (nSPS) is 21.6. The highest BCUT2D eigenvalue weighted by atomic mass is 32.2. The Bertz CT molecular complexity index is 525. The molecular weight excluding hydrogens is 262 g/mol. The third-order valence-electron chi connectivity index (χ3n) is 3.75. The Morgan fingerprint density at radius 3 is 2.47 bits per heavy atom. The topological polar surface area (TPSA) is 75.4 Å². The van der Waals surface area contributed by atoms with Crippen LogP contribution in [0, 0.1) is 5.92 Å². The molecule has 0 aromatic heterocycles. The summed E-state index contributed by atoms with van der Waals surface area (Å²) in [5, 5.41) is 0. The van der Waals surface area contributed by atoms with E-state index in [0.717, 1.165) is 25.2 Å². The van der Waals surface area contributed by atoms with Crippen molar-refractivity contribution in [1.82, 2.24) is 4.72 Å². The van der Waals surface area contributed by atoms with Crippen LogP contribution in [0.25, 0.3) is 0 Å². The van der Waals surface area contributed by atoms with Crippen LogP contribution in [-0.2, 0) is 10.0 Å². The molecule has 2 rings (SSSR count). The van der Waals surface area contributed by atoms with Gasteiger partial charge in [0.15, 0.2) is 0 Å². The Balaban J connectivity index is 2.12. The molecule has 1 aliphatic heterocycles. The van der Waals surface area contributed by atoms with Crippen molar-refractivity contribution < 1.29 is 8.42 Å². The summed E-state index contributed by atoms with van der Waals surface area (Å²) < 4.78 is 25.6. The van der Waals surface area contributed by atoms with Crippen LogP contribution in [0.4, 0.5) is 5.69 Å². The SMILES string of the molecule is CNS(=O)(=O)c1ccc(N2CCC(C(C)N)C2)cc1. The van der Waals surface area contributed by atoms with E-state index in [1.807, 2.05) is 19.1 Å². The van der Waals surface area contributed by atoms with Crippen molar-refractivity contribution in [3.63, 3.8) is 0 Å². The third kappa shape index (κ3) is 3.08. The van der Waals surface area contributed by atoms with E-state index in [2.05, 4.69) is 9.62 Å². The molecule has 19 heavy (non-hydrogen) atoms. The van der Waals surface area contributed by atoms with Crippen LogP contribution in [0.15, 0.2) is 29.2 Å². The van der Waals surface area contributed by atoms with Gasteiger partial charge in [-0.3, -0.25) is 0 Å². The fourth-order valence-electron chi connectivity index (χ4n) is 2.40. The van der Waals surface area contributed by atoms with Crippen molar-refractivity contribution in [3.8, 4) is 0 Å². The van der Waals surface area contributed by atoms with Gasteiger partial charge in [-0.15, -0.1) is 0 Å². The number of nitrogens with zero attached hydrogens (tertiary/aromatic N) is 1. The van der Waals surface area contributed by atoms with E-state index in [9.17, 15) is 8.42 Å². The first-order valence-corrected chi connectivity index (χ1v) is 7.96. The molecule has 5 nitrogen and oxygen atoms in total. The van der Waals surface area contributed by atoms with Gasteiger partial charge in [0.25, 0.3) is 0 Å². The number of nitrogens with one attached hydrogen (secondary N) is 1. The van der Waals surface area contributed by atoms with Gasteiger partial charge in [-0.2, -0.15) is 0 Å². The predicted octanol–water partition coefficient (Wildman–Crippen LogP) is 0.768. The van der Waals surface area contributed by atoms with Gasteiger partial charge in [0, 0.05) is 24.8 Å². The highest BCUT2D eigenvalue weighted by Gasteiger charge is 2.25. The highest BCUT2D eigenvalue weighted by molar-refractivity contribution is 7.89. The van der Waals surface area contributed by atoms with Crippen LogP contribution in [0.3, 0.4) is 0 Å². The lowest BCUT2D eigenvalue weighted by Gasteiger charge is -2.20. The van der Waals surface area contributed by atoms with Crippen molar-refractivity contribution in [2.45, 2.75) is 24.3 Å². The zero-order valence-corrected chi connectivity index (χ0v) is 12.2. The maximum atomic E-state index is 11.6. The second kappa shape index (κ2) is 5.48. The Morgan fingerprint density at radius 1 is 1.37 bits per heavy atom. The molecule has 0 spiro atoms. The molecule has 6 heteroatoms. The molecule has 1 heterocycles. The van der Waals surface area contributed by atoms with E-state index in [-0.39, 0.29) is 6.04 Å². The van der Waals surface area contributed by atoms with Crippen LogP contribution >= 0.6 is 0 Å². The number of hydrogen-bond acceptors (Lipinski definition) is 4. The van der Waals surface area contributed by atoms with Gasteiger partial charge in [0.1, 0.15) is 0 Å². The zero-order valence-electron chi connectivity index (χ0n) is 11.3. The highest BCUT2D eigenvalue weighted by Crippen LogP contribution is 2.26. The molecular formula is C13H21N3O2S. The van der Waals surface area contributed by atoms with Crippen LogP contribution in [0.5, 0.6) is 0 Å². The lowest BCUT2D eigenvalue weighted by Crippen LogP contribution is -2.29. The summed E-state index contributed by atoms with van der Waals surface area (Å²) in [7, 11) is -1.94. The smallest absolute Gasteiger partial charge is 0.240 e. The van der Waals surface area contributed by atoms with Gasteiger partial charge in [-0.05, 0) is 50.6 Å². The Kier molecular flexibility index (Phi) is 4.13. The average molecular weight is 283 g/mol. The molecule has 2 atom stereocenters. The van der Waals surface area contributed by atoms with Crippen molar-refractivity contribution in [2.75, 3.05) is 25.0 Å². The maximum Gasteiger partial charge on any atom is 0.240 e. The van der Waals surface area contributed by atoms with Gasteiger partial charge in [-0.25, -0.2) is 13.1 Å². The van der Waals surface area contributed by atoms with Crippen molar-refractivity contribution in [1.29, 1.82) is 0 Å². The summed E-state index contributed by atoms with van der Waals surface area (Å²) in [5.74, 6) is 0.515. The molecule has 2 unspecified atom stereocenters. The largest absolute Gasteiger partial charge is 0.371 e. The minimum Gasteiger partial charge on any atom is -0.371 e. The second-order valence-corrected chi connectivity index (χ2v) is 6.94.